The maximum Gasteiger partial charge on any atom is 0.136 e. The fraction of sp³-hybridized carbons (Fsp3) is 0. The third-order valence-corrected chi connectivity index (χ3v) is 4.28. The molecule has 4 aromatic rings. The monoisotopic (exact) mass is 370 g/mol. The van der Waals surface area contributed by atoms with Gasteiger partial charge in [-0.25, -0.2) is 0 Å². The Balaban J connectivity index is 2.11. The SMILES string of the molecule is Ic1ccc(-c2cccc3oc4ccccc4c23)cc1. The van der Waals surface area contributed by atoms with Gasteiger partial charge in [0.25, 0.3) is 0 Å². The second-order valence-corrected chi connectivity index (χ2v) is 6.03. The van der Waals surface area contributed by atoms with Crippen LogP contribution >= 0.6 is 22.6 Å². The maximum atomic E-state index is 5.94. The zero-order valence-electron chi connectivity index (χ0n) is 10.6. The molecule has 0 aliphatic heterocycles. The third-order valence-electron chi connectivity index (χ3n) is 3.56. The predicted octanol–water partition coefficient (Wildman–Crippen LogP) is 5.86. The van der Waals surface area contributed by atoms with Crippen LogP contribution in [0.15, 0.2) is 71.1 Å². The van der Waals surface area contributed by atoms with E-state index in [4.69, 9.17) is 4.42 Å². The van der Waals surface area contributed by atoms with Gasteiger partial charge in [0.15, 0.2) is 0 Å². The van der Waals surface area contributed by atoms with Crippen LogP contribution in [0.1, 0.15) is 0 Å². The summed E-state index contributed by atoms with van der Waals surface area (Å²) in [6.07, 6.45) is 0. The summed E-state index contributed by atoms with van der Waals surface area (Å²) < 4.78 is 7.18. The number of rotatable bonds is 1. The molecule has 0 aliphatic rings. The molecular formula is C18H11IO. The number of hydrogen-bond donors (Lipinski definition) is 0. The first-order valence-corrected chi connectivity index (χ1v) is 7.57. The average Bonchev–Trinajstić information content (AvgIpc) is 2.86. The minimum absolute atomic E-state index is 0.945. The molecule has 0 radical (unpaired) electrons. The number of fused-ring (bicyclic) bond motifs is 3. The van der Waals surface area contributed by atoms with E-state index in [-0.39, 0.29) is 0 Å². The van der Waals surface area contributed by atoms with Crippen molar-refractivity contribution in [3.63, 3.8) is 0 Å². The quantitative estimate of drug-likeness (QED) is 0.383. The van der Waals surface area contributed by atoms with Crippen molar-refractivity contribution < 1.29 is 4.42 Å². The standard InChI is InChI=1S/C18H11IO/c19-13-10-8-12(9-11-13)14-5-3-7-17-18(14)15-4-1-2-6-16(15)20-17/h1-11H. The topological polar surface area (TPSA) is 13.1 Å². The number of furan rings is 1. The molecule has 0 saturated heterocycles. The molecule has 0 aliphatic carbocycles. The lowest BCUT2D eigenvalue weighted by molar-refractivity contribution is 0.669. The second kappa shape index (κ2) is 4.63. The number of hydrogen-bond acceptors (Lipinski definition) is 1. The zero-order chi connectivity index (χ0) is 13.5. The van der Waals surface area contributed by atoms with E-state index >= 15 is 0 Å². The van der Waals surface area contributed by atoms with Crippen LogP contribution in [-0.4, -0.2) is 0 Å². The molecule has 20 heavy (non-hydrogen) atoms. The van der Waals surface area contributed by atoms with Crippen LogP contribution in [0.3, 0.4) is 0 Å². The molecule has 1 aromatic heterocycles. The molecule has 0 fully saturated rings. The summed E-state index contributed by atoms with van der Waals surface area (Å²) in [5.74, 6) is 0. The Morgan fingerprint density at radius 3 is 2.30 bits per heavy atom. The van der Waals surface area contributed by atoms with Crippen molar-refractivity contribution in [1.82, 2.24) is 0 Å². The Hall–Kier alpha value is -1.81. The Labute approximate surface area is 130 Å². The van der Waals surface area contributed by atoms with Gasteiger partial charge in [-0.15, -0.1) is 0 Å². The van der Waals surface area contributed by atoms with E-state index in [9.17, 15) is 0 Å². The average molecular weight is 370 g/mol. The zero-order valence-corrected chi connectivity index (χ0v) is 12.8. The van der Waals surface area contributed by atoms with Gasteiger partial charge in [-0.3, -0.25) is 0 Å². The lowest BCUT2D eigenvalue weighted by Gasteiger charge is -2.04. The Kier molecular flexibility index (Phi) is 2.77. The summed E-state index contributed by atoms with van der Waals surface area (Å²) in [7, 11) is 0. The molecule has 0 spiro atoms. The Bertz CT molecular complexity index is 904. The van der Waals surface area contributed by atoms with Crippen LogP contribution in [0, 0.1) is 3.57 Å². The van der Waals surface area contributed by atoms with Gasteiger partial charge in [0.1, 0.15) is 11.2 Å². The van der Waals surface area contributed by atoms with Crippen LogP contribution in [0.5, 0.6) is 0 Å². The largest absolute Gasteiger partial charge is 0.456 e. The van der Waals surface area contributed by atoms with Gasteiger partial charge >= 0.3 is 0 Å². The molecule has 1 nitrogen and oxygen atoms in total. The van der Waals surface area contributed by atoms with Crippen molar-refractivity contribution in [1.29, 1.82) is 0 Å². The minimum Gasteiger partial charge on any atom is -0.456 e. The maximum absolute atomic E-state index is 5.94. The first-order valence-electron chi connectivity index (χ1n) is 6.49. The number of benzene rings is 3. The van der Waals surface area contributed by atoms with Gasteiger partial charge in [0, 0.05) is 14.3 Å². The molecule has 96 valence electrons. The lowest BCUT2D eigenvalue weighted by Crippen LogP contribution is -1.80. The summed E-state index contributed by atoms with van der Waals surface area (Å²) in [5, 5.41) is 2.38. The Morgan fingerprint density at radius 2 is 1.45 bits per heavy atom. The van der Waals surface area contributed by atoms with Gasteiger partial charge in [-0.2, -0.15) is 0 Å². The van der Waals surface area contributed by atoms with Gasteiger partial charge in [0.2, 0.25) is 0 Å². The van der Waals surface area contributed by atoms with Gasteiger partial charge < -0.3 is 4.42 Å². The van der Waals surface area contributed by atoms with Gasteiger partial charge in [0.05, 0.1) is 0 Å². The van der Waals surface area contributed by atoms with Gasteiger partial charge in [-0.1, -0.05) is 42.5 Å². The van der Waals surface area contributed by atoms with E-state index in [1.807, 2.05) is 18.2 Å². The van der Waals surface area contributed by atoms with Crippen LogP contribution in [-0.2, 0) is 0 Å². The van der Waals surface area contributed by atoms with E-state index in [2.05, 4.69) is 71.1 Å². The molecule has 0 atom stereocenters. The lowest BCUT2D eigenvalue weighted by atomic mass is 10.00. The fourth-order valence-electron chi connectivity index (χ4n) is 2.64. The summed E-state index contributed by atoms with van der Waals surface area (Å²) in [4.78, 5) is 0. The van der Waals surface area contributed by atoms with Gasteiger partial charge in [-0.05, 0) is 58.0 Å². The number of para-hydroxylation sites is 1. The summed E-state index contributed by atoms with van der Waals surface area (Å²) in [6, 6.07) is 23.1. The predicted molar refractivity (Wildman–Crippen MR) is 91.9 cm³/mol. The highest BCUT2D eigenvalue weighted by molar-refractivity contribution is 14.1. The van der Waals surface area contributed by atoms with Crippen molar-refractivity contribution in [3.05, 3.63) is 70.3 Å². The smallest absolute Gasteiger partial charge is 0.136 e. The molecule has 1 heterocycles. The summed E-state index contributed by atoms with van der Waals surface area (Å²) in [6.45, 7) is 0. The van der Waals surface area contributed by atoms with Crippen LogP contribution in [0.2, 0.25) is 0 Å². The van der Waals surface area contributed by atoms with Crippen molar-refractivity contribution in [2.45, 2.75) is 0 Å². The molecule has 0 unspecified atom stereocenters. The van der Waals surface area contributed by atoms with E-state index < -0.39 is 0 Å². The number of halogens is 1. The Morgan fingerprint density at radius 1 is 0.700 bits per heavy atom. The highest BCUT2D eigenvalue weighted by Crippen LogP contribution is 2.36. The van der Waals surface area contributed by atoms with E-state index in [1.54, 1.807) is 0 Å². The second-order valence-electron chi connectivity index (χ2n) is 4.78. The third kappa shape index (κ3) is 1.83. The molecular weight excluding hydrogens is 359 g/mol. The molecule has 0 saturated carbocycles. The fourth-order valence-corrected chi connectivity index (χ4v) is 3.00. The van der Waals surface area contributed by atoms with E-state index in [0.29, 0.717) is 0 Å². The highest BCUT2D eigenvalue weighted by atomic mass is 127. The van der Waals surface area contributed by atoms with E-state index in [1.165, 1.54) is 25.5 Å². The molecule has 0 bridgehead atoms. The molecule has 2 heteroatoms. The van der Waals surface area contributed by atoms with E-state index in [0.717, 1.165) is 11.2 Å². The first kappa shape index (κ1) is 12.0. The van der Waals surface area contributed by atoms with Crippen LogP contribution in [0.25, 0.3) is 33.1 Å². The summed E-state index contributed by atoms with van der Waals surface area (Å²) >= 11 is 2.33. The normalized spacial score (nSPS) is 11.2. The summed E-state index contributed by atoms with van der Waals surface area (Å²) in [5.41, 5.74) is 4.34. The van der Waals surface area contributed by atoms with Crippen LogP contribution in [0.4, 0.5) is 0 Å². The molecule has 0 N–H and O–H groups in total. The first-order chi connectivity index (χ1) is 9.83. The molecule has 4 rings (SSSR count). The highest BCUT2D eigenvalue weighted by Gasteiger charge is 2.11. The van der Waals surface area contributed by atoms with Crippen molar-refractivity contribution in [2.75, 3.05) is 0 Å². The van der Waals surface area contributed by atoms with Crippen LogP contribution < -0.4 is 0 Å². The molecule has 3 aromatic carbocycles. The van der Waals surface area contributed by atoms with Crippen molar-refractivity contribution in [2.24, 2.45) is 0 Å². The molecule has 0 amide bonds. The van der Waals surface area contributed by atoms with Crippen molar-refractivity contribution >= 4 is 44.5 Å². The van der Waals surface area contributed by atoms with Crippen molar-refractivity contribution in [3.8, 4) is 11.1 Å². The minimum atomic E-state index is 0.945.